The van der Waals surface area contributed by atoms with Crippen LogP contribution in [0.15, 0.2) is 42.5 Å². The first-order valence-corrected chi connectivity index (χ1v) is 9.08. The monoisotopic (exact) mass is 349 g/mol. The van der Waals surface area contributed by atoms with Crippen molar-refractivity contribution in [3.63, 3.8) is 0 Å². The number of phenolic OH excluding ortho intramolecular Hbond substituents is 1. The van der Waals surface area contributed by atoms with Gasteiger partial charge in [-0.2, -0.15) is 0 Å². The smallest absolute Gasteiger partial charge is 0.165 e. The Morgan fingerprint density at radius 3 is 2.58 bits per heavy atom. The number of aliphatic hydroxyl groups is 1. The Bertz CT molecular complexity index is 934. The zero-order valence-electron chi connectivity index (χ0n) is 14.9. The van der Waals surface area contributed by atoms with Crippen LogP contribution in [0.2, 0.25) is 0 Å². The average Bonchev–Trinajstić information content (AvgIpc) is 2.67. The van der Waals surface area contributed by atoms with Crippen LogP contribution >= 0.6 is 0 Å². The molecule has 0 aliphatic carbocycles. The molecule has 26 heavy (non-hydrogen) atoms. The highest BCUT2D eigenvalue weighted by molar-refractivity contribution is 5.91. The quantitative estimate of drug-likeness (QED) is 0.757. The first-order valence-electron chi connectivity index (χ1n) is 9.08. The van der Waals surface area contributed by atoms with Gasteiger partial charge in [-0.1, -0.05) is 18.2 Å². The number of aryl methyl sites for hydroxylation is 1. The summed E-state index contributed by atoms with van der Waals surface area (Å²) in [6.45, 7) is 4.03. The lowest BCUT2D eigenvalue weighted by Crippen LogP contribution is -2.35. The molecule has 0 spiro atoms. The number of benzene rings is 2. The molecule has 0 saturated carbocycles. The maximum atomic E-state index is 10.2. The zero-order valence-corrected chi connectivity index (χ0v) is 14.9. The second-order valence-corrected chi connectivity index (χ2v) is 7.02. The third-order valence-corrected chi connectivity index (χ3v) is 5.15. The van der Waals surface area contributed by atoms with Gasteiger partial charge in [-0.15, -0.1) is 0 Å². The Morgan fingerprint density at radius 1 is 1.08 bits per heavy atom. The number of nitrogens with zero attached hydrogens (tertiary/aromatic N) is 3. The zero-order chi connectivity index (χ0) is 18.1. The van der Waals surface area contributed by atoms with Gasteiger partial charge in [0.2, 0.25) is 0 Å². The molecule has 2 N–H and O–H groups in total. The molecule has 1 fully saturated rings. The van der Waals surface area contributed by atoms with E-state index in [1.807, 2.05) is 19.1 Å². The van der Waals surface area contributed by atoms with E-state index in [0.717, 1.165) is 48.2 Å². The standard InChI is InChI=1S/C21H23N3O2/c1-14-6-7-16-18(12-14)22-20(17-4-2-3-5-19(17)26)23-21(16)24-10-8-15(13-25)9-11-24/h2-7,12,15,25-26H,8-11,13H2,1H3. The molecule has 0 bridgehead atoms. The van der Waals surface area contributed by atoms with Crippen molar-refractivity contribution in [2.45, 2.75) is 19.8 Å². The Labute approximate surface area is 153 Å². The number of aromatic hydroxyl groups is 1. The van der Waals surface area contributed by atoms with Gasteiger partial charge in [-0.3, -0.25) is 0 Å². The van der Waals surface area contributed by atoms with Crippen molar-refractivity contribution in [1.29, 1.82) is 0 Å². The number of fused-ring (bicyclic) bond motifs is 1. The molecule has 4 rings (SSSR count). The number of hydrogen-bond acceptors (Lipinski definition) is 5. The van der Waals surface area contributed by atoms with Crippen LogP contribution in [0.5, 0.6) is 5.75 Å². The Morgan fingerprint density at radius 2 is 1.85 bits per heavy atom. The number of piperidine rings is 1. The number of rotatable bonds is 3. The first-order chi connectivity index (χ1) is 12.7. The van der Waals surface area contributed by atoms with Crippen LogP contribution in [0.4, 0.5) is 5.82 Å². The van der Waals surface area contributed by atoms with Gasteiger partial charge >= 0.3 is 0 Å². The number of para-hydroxylation sites is 1. The number of phenols is 1. The second-order valence-electron chi connectivity index (χ2n) is 7.02. The molecular weight excluding hydrogens is 326 g/mol. The van der Waals surface area contributed by atoms with Crippen molar-refractivity contribution < 1.29 is 10.2 Å². The predicted molar refractivity (Wildman–Crippen MR) is 103 cm³/mol. The molecule has 0 unspecified atom stereocenters. The van der Waals surface area contributed by atoms with Gasteiger partial charge in [-0.25, -0.2) is 9.97 Å². The molecule has 1 aliphatic heterocycles. The number of anilines is 1. The minimum absolute atomic E-state index is 0.185. The van der Waals surface area contributed by atoms with Gasteiger partial charge in [-0.05, 0) is 55.5 Å². The Balaban J connectivity index is 1.84. The average molecular weight is 349 g/mol. The van der Waals surface area contributed by atoms with Gasteiger partial charge < -0.3 is 15.1 Å². The lowest BCUT2D eigenvalue weighted by Gasteiger charge is -2.32. The van der Waals surface area contributed by atoms with Gasteiger partial charge in [0.1, 0.15) is 11.6 Å². The summed E-state index contributed by atoms with van der Waals surface area (Å²) in [6.07, 6.45) is 1.92. The largest absolute Gasteiger partial charge is 0.507 e. The molecule has 0 atom stereocenters. The molecule has 2 aromatic carbocycles. The Kier molecular flexibility index (Phi) is 4.47. The van der Waals surface area contributed by atoms with Crippen LogP contribution < -0.4 is 4.90 Å². The van der Waals surface area contributed by atoms with Gasteiger partial charge in [0.05, 0.1) is 11.1 Å². The first kappa shape index (κ1) is 16.8. The predicted octanol–water partition coefficient (Wildman–Crippen LogP) is 3.52. The lowest BCUT2D eigenvalue weighted by molar-refractivity contribution is 0.203. The van der Waals surface area contributed by atoms with E-state index in [4.69, 9.17) is 9.97 Å². The molecule has 1 saturated heterocycles. The number of hydrogen-bond donors (Lipinski definition) is 2. The normalized spacial score (nSPS) is 15.5. The van der Waals surface area contributed by atoms with E-state index in [9.17, 15) is 10.2 Å². The minimum Gasteiger partial charge on any atom is -0.507 e. The molecule has 1 aliphatic rings. The fraction of sp³-hybridized carbons (Fsp3) is 0.333. The molecular formula is C21H23N3O2. The molecule has 1 aromatic heterocycles. The van der Waals surface area contributed by atoms with Crippen molar-refractivity contribution in [1.82, 2.24) is 9.97 Å². The van der Waals surface area contributed by atoms with Gasteiger partial charge in [0, 0.05) is 25.1 Å². The summed E-state index contributed by atoms with van der Waals surface area (Å²) in [5.41, 5.74) is 2.67. The van der Waals surface area contributed by atoms with E-state index >= 15 is 0 Å². The van der Waals surface area contributed by atoms with Crippen molar-refractivity contribution in [2.75, 3.05) is 24.6 Å². The summed E-state index contributed by atoms with van der Waals surface area (Å²) < 4.78 is 0. The SMILES string of the molecule is Cc1ccc2c(N3CCC(CO)CC3)nc(-c3ccccc3O)nc2c1. The van der Waals surface area contributed by atoms with E-state index < -0.39 is 0 Å². The number of aromatic nitrogens is 2. The van der Waals surface area contributed by atoms with Gasteiger partial charge in [0.25, 0.3) is 0 Å². The van der Waals surface area contributed by atoms with Crippen molar-refractivity contribution in [2.24, 2.45) is 5.92 Å². The fourth-order valence-electron chi connectivity index (χ4n) is 3.57. The van der Waals surface area contributed by atoms with Crippen LogP contribution in [-0.4, -0.2) is 39.9 Å². The van der Waals surface area contributed by atoms with E-state index in [0.29, 0.717) is 17.3 Å². The third-order valence-electron chi connectivity index (χ3n) is 5.15. The maximum Gasteiger partial charge on any atom is 0.165 e. The lowest BCUT2D eigenvalue weighted by atomic mass is 9.97. The van der Waals surface area contributed by atoms with Crippen LogP contribution in [-0.2, 0) is 0 Å². The fourth-order valence-corrected chi connectivity index (χ4v) is 3.57. The van der Waals surface area contributed by atoms with Crippen LogP contribution in [0.1, 0.15) is 18.4 Å². The summed E-state index contributed by atoms with van der Waals surface area (Å²) in [7, 11) is 0. The molecule has 3 aromatic rings. The van der Waals surface area contributed by atoms with Gasteiger partial charge in [0.15, 0.2) is 5.82 Å². The molecule has 0 radical (unpaired) electrons. The molecule has 2 heterocycles. The van der Waals surface area contributed by atoms with Crippen LogP contribution in [0, 0.1) is 12.8 Å². The third kappa shape index (κ3) is 3.10. The van der Waals surface area contributed by atoms with E-state index in [2.05, 4.69) is 23.1 Å². The molecule has 5 heteroatoms. The van der Waals surface area contributed by atoms with Crippen molar-refractivity contribution >= 4 is 16.7 Å². The van der Waals surface area contributed by atoms with E-state index in [-0.39, 0.29) is 12.4 Å². The van der Waals surface area contributed by atoms with Crippen molar-refractivity contribution in [3.8, 4) is 17.1 Å². The topological polar surface area (TPSA) is 69.5 Å². The van der Waals surface area contributed by atoms with Crippen LogP contribution in [0.25, 0.3) is 22.3 Å². The summed E-state index contributed by atoms with van der Waals surface area (Å²) >= 11 is 0. The van der Waals surface area contributed by atoms with Crippen LogP contribution in [0.3, 0.4) is 0 Å². The highest BCUT2D eigenvalue weighted by Gasteiger charge is 2.22. The van der Waals surface area contributed by atoms with Crippen molar-refractivity contribution in [3.05, 3.63) is 48.0 Å². The second kappa shape index (κ2) is 6.92. The Hall–Kier alpha value is -2.66. The summed E-state index contributed by atoms with van der Waals surface area (Å²) in [6, 6.07) is 13.4. The number of aliphatic hydroxyl groups excluding tert-OH is 1. The molecule has 134 valence electrons. The van der Waals surface area contributed by atoms with E-state index in [1.165, 1.54) is 0 Å². The minimum atomic E-state index is 0.185. The molecule has 5 nitrogen and oxygen atoms in total. The maximum absolute atomic E-state index is 10.2. The summed E-state index contributed by atoms with van der Waals surface area (Å²) in [4.78, 5) is 11.8. The summed E-state index contributed by atoms with van der Waals surface area (Å²) in [5, 5.41) is 20.7. The highest BCUT2D eigenvalue weighted by Crippen LogP contribution is 2.33. The van der Waals surface area contributed by atoms with E-state index in [1.54, 1.807) is 12.1 Å². The highest BCUT2D eigenvalue weighted by atomic mass is 16.3. The molecule has 0 amide bonds. The summed E-state index contributed by atoms with van der Waals surface area (Å²) in [5.74, 6) is 2.01.